The van der Waals surface area contributed by atoms with Crippen LogP contribution in [0.1, 0.15) is 22.0 Å². The van der Waals surface area contributed by atoms with Crippen molar-refractivity contribution in [3.63, 3.8) is 0 Å². The average Bonchev–Trinajstić information content (AvgIpc) is 3.23. The van der Waals surface area contributed by atoms with Crippen molar-refractivity contribution in [2.45, 2.75) is 6.04 Å². The molecular weight excluding hydrogens is 348 g/mol. The molecule has 1 aliphatic heterocycles. The number of hydrogen-bond donors (Lipinski definition) is 1. The average molecular weight is 367 g/mol. The summed E-state index contributed by atoms with van der Waals surface area (Å²) in [5, 5.41) is 8.16. The normalized spacial score (nSPS) is 17.3. The maximum absolute atomic E-state index is 13.1. The third-order valence-corrected chi connectivity index (χ3v) is 4.94. The highest BCUT2D eigenvalue weighted by Crippen LogP contribution is 2.24. The molecule has 1 unspecified atom stereocenters. The molecule has 0 bridgehead atoms. The van der Waals surface area contributed by atoms with Crippen LogP contribution in [0.3, 0.4) is 0 Å². The molecule has 3 aromatic rings. The Balaban J connectivity index is 1.58. The van der Waals surface area contributed by atoms with Gasteiger partial charge in [-0.05, 0) is 29.8 Å². The van der Waals surface area contributed by atoms with Crippen molar-refractivity contribution >= 4 is 17.5 Å². The first-order chi connectivity index (χ1) is 12.7. The Morgan fingerprint density at radius 2 is 2.00 bits per heavy atom. The van der Waals surface area contributed by atoms with Gasteiger partial charge in [-0.2, -0.15) is 5.10 Å². The van der Waals surface area contributed by atoms with E-state index in [1.54, 1.807) is 23.0 Å². The summed E-state index contributed by atoms with van der Waals surface area (Å²) in [6.07, 6.45) is 3.55. The molecule has 0 spiro atoms. The highest BCUT2D eigenvalue weighted by Gasteiger charge is 2.26. The molecule has 1 fully saturated rings. The summed E-state index contributed by atoms with van der Waals surface area (Å²) in [7, 11) is 0. The van der Waals surface area contributed by atoms with Gasteiger partial charge in [-0.3, -0.25) is 4.79 Å². The van der Waals surface area contributed by atoms with E-state index in [0.717, 1.165) is 12.2 Å². The number of nitrogens with zero attached hydrogens (tertiary/aromatic N) is 3. The molecule has 132 valence electrons. The van der Waals surface area contributed by atoms with Gasteiger partial charge in [0.1, 0.15) is 0 Å². The van der Waals surface area contributed by atoms with Crippen molar-refractivity contribution < 1.29 is 4.79 Å². The number of rotatable bonds is 3. The Labute approximate surface area is 157 Å². The largest absolute Gasteiger partial charge is 0.335 e. The van der Waals surface area contributed by atoms with E-state index in [4.69, 9.17) is 11.6 Å². The second-order valence-electron chi connectivity index (χ2n) is 6.28. The van der Waals surface area contributed by atoms with Gasteiger partial charge in [-0.25, -0.2) is 4.68 Å². The predicted octanol–water partition coefficient (Wildman–Crippen LogP) is 3.31. The maximum atomic E-state index is 13.1. The molecule has 26 heavy (non-hydrogen) atoms. The molecule has 0 radical (unpaired) electrons. The number of benzene rings is 2. The quantitative estimate of drug-likeness (QED) is 0.773. The summed E-state index contributed by atoms with van der Waals surface area (Å²) in [5.74, 6) is -0.0496. The summed E-state index contributed by atoms with van der Waals surface area (Å²) in [6, 6.07) is 17.6. The molecule has 1 amide bonds. The van der Waals surface area contributed by atoms with Gasteiger partial charge in [0.15, 0.2) is 0 Å². The van der Waals surface area contributed by atoms with Crippen molar-refractivity contribution in [1.82, 2.24) is 20.0 Å². The number of carbonyl (C=O) groups excluding carboxylic acids is 1. The zero-order valence-corrected chi connectivity index (χ0v) is 14.9. The molecule has 1 aliphatic rings. The number of halogens is 1. The van der Waals surface area contributed by atoms with Crippen molar-refractivity contribution in [2.24, 2.45) is 0 Å². The first-order valence-electron chi connectivity index (χ1n) is 8.59. The molecule has 5 nitrogen and oxygen atoms in total. The molecule has 0 saturated carbocycles. The van der Waals surface area contributed by atoms with Crippen molar-refractivity contribution in [3.05, 3.63) is 83.1 Å². The van der Waals surface area contributed by atoms with Gasteiger partial charge in [-0.15, -0.1) is 0 Å². The van der Waals surface area contributed by atoms with E-state index in [2.05, 4.69) is 22.5 Å². The lowest BCUT2D eigenvalue weighted by Gasteiger charge is -2.34. The monoisotopic (exact) mass is 366 g/mol. The van der Waals surface area contributed by atoms with Gasteiger partial charge < -0.3 is 10.2 Å². The smallest absolute Gasteiger partial charge is 0.255 e. The van der Waals surface area contributed by atoms with Crippen molar-refractivity contribution in [2.75, 3.05) is 19.6 Å². The van der Waals surface area contributed by atoms with Crippen LogP contribution in [0.25, 0.3) is 5.69 Å². The second kappa shape index (κ2) is 7.32. The standard InChI is InChI=1S/C20H19ClN4O/c21-18-8-7-16(25-11-4-9-23-25)13-17(18)20(26)24-12-10-22-19(14-24)15-5-2-1-3-6-15/h1-9,11,13,19,22H,10,12,14H2. The van der Waals surface area contributed by atoms with Gasteiger partial charge >= 0.3 is 0 Å². The molecular formula is C20H19ClN4O. The SMILES string of the molecule is O=C(c1cc(-n2cccn2)ccc1Cl)N1CCNC(c2ccccc2)C1. The zero-order chi connectivity index (χ0) is 17.9. The van der Waals surface area contributed by atoms with Gasteiger partial charge in [0.2, 0.25) is 0 Å². The van der Waals surface area contributed by atoms with Gasteiger partial charge in [0.25, 0.3) is 5.91 Å². The van der Waals surface area contributed by atoms with E-state index >= 15 is 0 Å². The van der Waals surface area contributed by atoms with Crippen LogP contribution in [0.5, 0.6) is 0 Å². The van der Waals surface area contributed by atoms with E-state index in [1.165, 1.54) is 5.56 Å². The molecule has 6 heteroatoms. The first-order valence-corrected chi connectivity index (χ1v) is 8.97. The van der Waals surface area contributed by atoms with E-state index in [9.17, 15) is 4.79 Å². The fourth-order valence-corrected chi connectivity index (χ4v) is 3.45. The maximum Gasteiger partial charge on any atom is 0.255 e. The number of amides is 1. The lowest BCUT2D eigenvalue weighted by atomic mass is 10.0. The summed E-state index contributed by atoms with van der Waals surface area (Å²) < 4.78 is 1.72. The summed E-state index contributed by atoms with van der Waals surface area (Å²) in [5.41, 5.74) is 2.51. The van der Waals surface area contributed by atoms with Crippen LogP contribution in [0.4, 0.5) is 0 Å². The Hall–Kier alpha value is -2.63. The van der Waals surface area contributed by atoms with Crippen LogP contribution in [0.2, 0.25) is 5.02 Å². The summed E-state index contributed by atoms with van der Waals surface area (Å²) in [6.45, 7) is 2.03. The lowest BCUT2D eigenvalue weighted by Crippen LogP contribution is -2.48. The van der Waals surface area contributed by atoms with Crippen LogP contribution < -0.4 is 5.32 Å². The minimum absolute atomic E-state index is 0.0496. The minimum Gasteiger partial charge on any atom is -0.335 e. The third-order valence-electron chi connectivity index (χ3n) is 4.61. The molecule has 2 heterocycles. The molecule has 1 atom stereocenters. The summed E-state index contributed by atoms with van der Waals surface area (Å²) in [4.78, 5) is 15.0. The van der Waals surface area contributed by atoms with Crippen LogP contribution >= 0.6 is 11.6 Å². The van der Waals surface area contributed by atoms with Crippen LogP contribution in [-0.2, 0) is 0 Å². The fourth-order valence-electron chi connectivity index (χ4n) is 3.25. The number of piperazine rings is 1. The van der Waals surface area contributed by atoms with E-state index < -0.39 is 0 Å². The van der Waals surface area contributed by atoms with Crippen molar-refractivity contribution in [3.8, 4) is 5.69 Å². The molecule has 4 rings (SSSR count). The predicted molar refractivity (Wildman–Crippen MR) is 102 cm³/mol. The number of carbonyl (C=O) groups is 1. The van der Waals surface area contributed by atoms with E-state index in [0.29, 0.717) is 23.7 Å². The highest BCUT2D eigenvalue weighted by atomic mass is 35.5. The summed E-state index contributed by atoms with van der Waals surface area (Å²) >= 11 is 6.33. The Morgan fingerprint density at radius 3 is 2.77 bits per heavy atom. The molecule has 1 aromatic heterocycles. The van der Waals surface area contributed by atoms with Crippen molar-refractivity contribution in [1.29, 1.82) is 0 Å². The second-order valence-corrected chi connectivity index (χ2v) is 6.69. The van der Waals surface area contributed by atoms with Gasteiger partial charge in [0.05, 0.1) is 16.3 Å². The van der Waals surface area contributed by atoms with Crippen LogP contribution in [-0.4, -0.2) is 40.2 Å². The van der Waals surface area contributed by atoms with Crippen LogP contribution in [0.15, 0.2) is 67.0 Å². The van der Waals surface area contributed by atoms with E-state index in [1.807, 2.05) is 41.4 Å². The Kier molecular flexibility index (Phi) is 4.73. The minimum atomic E-state index is -0.0496. The zero-order valence-electron chi connectivity index (χ0n) is 14.2. The molecule has 1 saturated heterocycles. The molecule has 1 N–H and O–H groups in total. The fraction of sp³-hybridized carbons (Fsp3) is 0.200. The van der Waals surface area contributed by atoms with E-state index in [-0.39, 0.29) is 11.9 Å². The topological polar surface area (TPSA) is 50.2 Å². The molecule has 2 aromatic carbocycles. The molecule has 0 aliphatic carbocycles. The van der Waals surface area contributed by atoms with Gasteiger partial charge in [0, 0.05) is 38.1 Å². The Morgan fingerprint density at radius 1 is 1.15 bits per heavy atom. The number of nitrogens with one attached hydrogen (secondary N) is 1. The third kappa shape index (κ3) is 3.36. The van der Waals surface area contributed by atoms with Gasteiger partial charge in [-0.1, -0.05) is 41.9 Å². The lowest BCUT2D eigenvalue weighted by molar-refractivity contribution is 0.0703. The first kappa shape index (κ1) is 16.8. The van der Waals surface area contributed by atoms with Crippen LogP contribution in [0, 0.1) is 0 Å². The number of aromatic nitrogens is 2. The Bertz CT molecular complexity index is 895. The number of hydrogen-bond acceptors (Lipinski definition) is 3. The highest BCUT2D eigenvalue weighted by molar-refractivity contribution is 6.33.